The van der Waals surface area contributed by atoms with Gasteiger partial charge in [-0.2, -0.15) is 11.8 Å². The first-order chi connectivity index (χ1) is 8.29. The minimum absolute atomic E-state index is 0.346. The summed E-state index contributed by atoms with van der Waals surface area (Å²) >= 11 is 8.04. The quantitative estimate of drug-likeness (QED) is 0.653. The first-order valence-electron chi connectivity index (χ1n) is 6.12. The average molecular weight is 271 g/mol. The third kappa shape index (κ3) is 3.88. The van der Waals surface area contributed by atoms with Crippen molar-refractivity contribution in [2.45, 2.75) is 37.0 Å². The number of hydrogen-bond acceptors (Lipinski definition) is 3. The molecule has 2 atom stereocenters. The first-order valence-corrected chi connectivity index (χ1v) is 7.54. The van der Waals surface area contributed by atoms with Crippen molar-refractivity contribution in [2.24, 2.45) is 5.84 Å². The molecule has 2 unspecified atom stereocenters. The maximum Gasteiger partial charge on any atom is 0.0408 e. The van der Waals surface area contributed by atoms with Crippen molar-refractivity contribution >= 4 is 23.4 Å². The van der Waals surface area contributed by atoms with Gasteiger partial charge in [0.05, 0.1) is 0 Å². The van der Waals surface area contributed by atoms with Crippen LogP contribution in [0.4, 0.5) is 0 Å². The fraction of sp³-hybridized carbons (Fsp3) is 0.538. The van der Waals surface area contributed by atoms with E-state index < -0.39 is 0 Å². The summed E-state index contributed by atoms with van der Waals surface area (Å²) in [5, 5.41) is 1.43. The number of benzene rings is 1. The Bertz CT molecular complexity index is 353. The summed E-state index contributed by atoms with van der Waals surface area (Å²) < 4.78 is 0. The highest BCUT2D eigenvalue weighted by Gasteiger charge is 2.23. The summed E-state index contributed by atoms with van der Waals surface area (Å²) in [5.41, 5.74) is 4.23. The van der Waals surface area contributed by atoms with Gasteiger partial charge in [0.2, 0.25) is 0 Å². The molecule has 2 rings (SSSR count). The Hall–Kier alpha value is -0.220. The number of rotatable bonds is 4. The summed E-state index contributed by atoms with van der Waals surface area (Å²) in [6, 6.07) is 8.40. The molecule has 0 aliphatic carbocycles. The molecular weight excluding hydrogens is 252 g/mol. The Morgan fingerprint density at radius 1 is 1.47 bits per heavy atom. The summed E-state index contributed by atoms with van der Waals surface area (Å²) in [5.74, 6) is 6.96. The number of thioether (sulfide) groups is 1. The molecule has 1 heterocycles. The smallest absolute Gasteiger partial charge is 0.0408 e. The van der Waals surface area contributed by atoms with Crippen LogP contribution in [0.25, 0.3) is 0 Å². The Morgan fingerprint density at radius 2 is 2.35 bits per heavy atom. The SMILES string of the molecule is NNC(Cc1cccc(Cl)c1)C1CCCCS1. The molecule has 0 radical (unpaired) electrons. The van der Waals surface area contributed by atoms with E-state index >= 15 is 0 Å². The normalized spacial score (nSPS) is 22.4. The lowest BCUT2D eigenvalue weighted by atomic mass is 10.00. The Kier molecular flexibility index (Phi) is 5.16. The van der Waals surface area contributed by atoms with E-state index in [-0.39, 0.29) is 0 Å². The van der Waals surface area contributed by atoms with Crippen LogP contribution in [0.5, 0.6) is 0 Å². The van der Waals surface area contributed by atoms with Crippen molar-refractivity contribution in [1.29, 1.82) is 0 Å². The fourth-order valence-electron chi connectivity index (χ4n) is 2.30. The molecule has 0 saturated carbocycles. The Morgan fingerprint density at radius 3 is 3.00 bits per heavy atom. The van der Waals surface area contributed by atoms with Crippen LogP contribution in [0.3, 0.4) is 0 Å². The van der Waals surface area contributed by atoms with Gasteiger partial charge in [-0.3, -0.25) is 11.3 Å². The molecule has 0 aromatic heterocycles. The molecule has 4 heteroatoms. The fourth-order valence-corrected chi connectivity index (χ4v) is 3.93. The third-order valence-electron chi connectivity index (χ3n) is 3.22. The van der Waals surface area contributed by atoms with E-state index in [1.54, 1.807) is 0 Å². The van der Waals surface area contributed by atoms with Gasteiger partial charge in [-0.05, 0) is 42.7 Å². The van der Waals surface area contributed by atoms with Gasteiger partial charge in [0.15, 0.2) is 0 Å². The van der Waals surface area contributed by atoms with Gasteiger partial charge in [-0.15, -0.1) is 0 Å². The zero-order chi connectivity index (χ0) is 12.1. The van der Waals surface area contributed by atoms with Crippen molar-refractivity contribution in [2.75, 3.05) is 5.75 Å². The standard InChI is InChI=1S/C13H19ClN2S/c14-11-5-3-4-10(8-11)9-12(16-15)13-6-1-2-7-17-13/h3-5,8,12-13,16H,1-2,6-7,9,15H2. The average Bonchev–Trinajstić information content (AvgIpc) is 2.37. The number of hydrogen-bond donors (Lipinski definition) is 2. The second kappa shape index (κ2) is 6.64. The highest BCUT2D eigenvalue weighted by atomic mass is 35.5. The summed E-state index contributed by atoms with van der Waals surface area (Å²) in [6.45, 7) is 0. The van der Waals surface area contributed by atoms with Crippen LogP contribution in [0.2, 0.25) is 5.02 Å². The Balaban J connectivity index is 1.98. The predicted molar refractivity (Wildman–Crippen MR) is 76.4 cm³/mol. The maximum absolute atomic E-state index is 6.00. The molecule has 1 aromatic carbocycles. The van der Waals surface area contributed by atoms with E-state index in [4.69, 9.17) is 17.4 Å². The third-order valence-corrected chi connectivity index (χ3v) is 4.97. The van der Waals surface area contributed by atoms with E-state index in [0.717, 1.165) is 11.4 Å². The second-order valence-electron chi connectivity index (χ2n) is 4.51. The first kappa shape index (κ1) is 13.2. The van der Waals surface area contributed by atoms with E-state index in [2.05, 4.69) is 11.5 Å². The van der Waals surface area contributed by atoms with Crippen LogP contribution in [-0.4, -0.2) is 17.0 Å². The van der Waals surface area contributed by atoms with Crippen molar-refractivity contribution in [3.63, 3.8) is 0 Å². The van der Waals surface area contributed by atoms with Crippen LogP contribution < -0.4 is 11.3 Å². The molecule has 1 aliphatic heterocycles. The van der Waals surface area contributed by atoms with Gasteiger partial charge < -0.3 is 0 Å². The zero-order valence-corrected chi connectivity index (χ0v) is 11.4. The van der Waals surface area contributed by atoms with Crippen LogP contribution >= 0.6 is 23.4 Å². The molecular formula is C13H19ClN2S. The van der Waals surface area contributed by atoms with Crippen molar-refractivity contribution in [3.05, 3.63) is 34.9 Å². The summed E-state index contributed by atoms with van der Waals surface area (Å²) in [7, 11) is 0. The molecule has 3 N–H and O–H groups in total. The zero-order valence-electron chi connectivity index (χ0n) is 9.86. The van der Waals surface area contributed by atoms with Gasteiger partial charge in [0, 0.05) is 16.3 Å². The number of nitrogens with two attached hydrogens (primary N) is 1. The molecule has 1 aromatic rings. The van der Waals surface area contributed by atoms with Gasteiger partial charge in [-0.25, -0.2) is 0 Å². The van der Waals surface area contributed by atoms with Crippen molar-refractivity contribution in [1.82, 2.24) is 5.43 Å². The van der Waals surface area contributed by atoms with Gasteiger partial charge in [0.1, 0.15) is 0 Å². The van der Waals surface area contributed by atoms with Crippen LogP contribution in [0.1, 0.15) is 24.8 Å². The molecule has 2 nitrogen and oxygen atoms in total. The topological polar surface area (TPSA) is 38.0 Å². The van der Waals surface area contributed by atoms with Crippen LogP contribution in [0.15, 0.2) is 24.3 Å². The molecule has 0 amide bonds. The molecule has 1 fully saturated rings. The molecule has 94 valence electrons. The Labute approximate surface area is 112 Å². The minimum Gasteiger partial charge on any atom is -0.271 e. The van der Waals surface area contributed by atoms with Crippen molar-refractivity contribution in [3.8, 4) is 0 Å². The molecule has 0 bridgehead atoms. The van der Waals surface area contributed by atoms with Gasteiger partial charge in [-0.1, -0.05) is 30.2 Å². The minimum atomic E-state index is 0.346. The van der Waals surface area contributed by atoms with E-state index in [9.17, 15) is 0 Å². The number of halogens is 1. The number of hydrazine groups is 1. The highest BCUT2D eigenvalue weighted by molar-refractivity contribution is 8.00. The largest absolute Gasteiger partial charge is 0.271 e. The molecule has 1 saturated heterocycles. The summed E-state index contributed by atoms with van der Waals surface area (Å²) in [6.07, 6.45) is 4.88. The molecule has 1 aliphatic rings. The molecule has 0 spiro atoms. The van der Waals surface area contributed by atoms with E-state index in [1.165, 1.54) is 30.6 Å². The van der Waals surface area contributed by atoms with Gasteiger partial charge >= 0.3 is 0 Å². The number of nitrogens with one attached hydrogen (secondary N) is 1. The lowest BCUT2D eigenvalue weighted by Gasteiger charge is -2.29. The summed E-state index contributed by atoms with van der Waals surface area (Å²) in [4.78, 5) is 0. The lowest BCUT2D eigenvalue weighted by molar-refractivity contribution is 0.472. The van der Waals surface area contributed by atoms with Gasteiger partial charge in [0.25, 0.3) is 0 Å². The highest BCUT2D eigenvalue weighted by Crippen LogP contribution is 2.29. The predicted octanol–water partition coefficient (Wildman–Crippen LogP) is 3.00. The second-order valence-corrected chi connectivity index (χ2v) is 6.30. The molecule has 17 heavy (non-hydrogen) atoms. The lowest BCUT2D eigenvalue weighted by Crippen LogP contribution is -2.45. The van der Waals surface area contributed by atoms with E-state index in [1.807, 2.05) is 30.0 Å². The van der Waals surface area contributed by atoms with Crippen molar-refractivity contribution < 1.29 is 0 Å². The maximum atomic E-state index is 6.00. The van der Waals surface area contributed by atoms with Crippen LogP contribution in [0, 0.1) is 0 Å². The monoisotopic (exact) mass is 270 g/mol. The van der Waals surface area contributed by atoms with Crippen LogP contribution in [-0.2, 0) is 6.42 Å². The van der Waals surface area contributed by atoms with E-state index in [0.29, 0.717) is 11.3 Å².